The molecule has 0 radical (unpaired) electrons. The summed E-state index contributed by atoms with van der Waals surface area (Å²) in [7, 11) is 0. The molecule has 3 nitrogen and oxygen atoms in total. The van der Waals surface area contributed by atoms with Crippen LogP contribution in [0.2, 0.25) is 5.02 Å². The molecule has 1 aromatic rings. The van der Waals surface area contributed by atoms with Gasteiger partial charge in [-0.15, -0.1) is 0 Å². The predicted molar refractivity (Wildman–Crippen MR) is 89.5 cm³/mol. The third-order valence-corrected chi connectivity index (χ3v) is 2.55. The molecule has 0 aliphatic carbocycles. The molecule has 0 fully saturated rings. The zero-order valence-electron chi connectivity index (χ0n) is 13.7. The fourth-order valence-corrected chi connectivity index (χ4v) is 1.68. The molecule has 2 N–H and O–H groups in total. The number of benzene rings is 1. The number of carbonyl (C=O) groups excluding carboxylic acids is 1. The van der Waals surface area contributed by atoms with E-state index >= 15 is 0 Å². The van der Waals surface area contributed by atoms with Gasteiger partial charge in [-0.3, -0.25) is 4.79 Å². The Morgan fingerprint density at radius 2 is 1.71 bits per heavy atom. The first-order chi connectivity index (χ1) is 9.63. The van der Waals surface area contributed by atoms with Crippen LogP contribution in [-0.4, -0.2) is 17.6 Å². The maximum Gasteiger partial charge on any atom is 0.217 e. The number of amides is 1. The van der Waals surface area contributed by atoms with Gasteiger partial charge < -0.3 is 10.4 Å². The van der Waals surface area contributed by atoms with E-state index < -0.39 is 0 Å². The van der Waals surface area contributed by atoms with E-state index in [1.807, 2.05) is 12.1 Å². The molecule has 0 aliphatic rings. The summed E-state index contributed by atoms with van der Waals surface area (Å²) < 4.78 is 0. The molecule has 1 amide bonds. The van der Waals surface area contributed by atoms with Crippen molar-refractivity contribution < 1.29 is 9.90 Å². The van der Waals surface area contributed by atoms with Gasteiger partial charge in [-0.25, -0.2) is 0 Å². The number of halogens is 1. The van der Waals surface area contributed by atoms with Crippen LogP contribution < -0.4 is 5.32 Å². The van der Waals surface area contributed by atoms with Crippen LogP contribution in [0, 0.1) is 5.41 Å². The minimum Gasteiger partial charge on any atom is -0.396 e. The topological polar surface area (TPSA) is 49.3 Å². The van der Waals surface area contributed by atoms with E-state index in [1.165, 1.54) is 6.92 Å². The quantitative estimate of drug-likeness (QED) is 0.849. The smallest absolute Gasteiger partial charge is 0.217 e. The van der Waals surface area contributed by atoms with Gasteiger partial charge in [0.15, 0.2) is 0 Å². The summed E-state index contributed by atoms with van der Waals surface area (Å²) in [5.74, 6) is -0.0714. The Bertz CT molecular complexity index is 404. The molecular weight excluding hydrogens is 286 g/mol. The van der Waals surface area contributed by atoms with Crippen LogP contribution >= 0.6 is 11.6 Å². The van der Waals surface area contributed by atoms with Crippen molar-refractivity contribution in [3.63, 3.8) is 0 Å². The average Bonchev–Trinajstić information content (AvgIpc) is 2.33. The van der Waals surface area contributed by atoms with Crippen molar-refractivity contribution >= 4 is 17.5 Å². The molecule has 4 heteroatoms. The van der Waals surface area contributed by atoms with Crippen LogP contribution in [0.3, 0.4) is 0 Å². The van der Waals surface area contributed by atoms with E-state index in [9.17, 15) is 4.79 Å². The zero-order chi connectivity index (χ0) is 16.5. The summed E-state index contributed by atoms with van der Waals surface area (Å²) in [6, 6.07) is 7.32. The van der Waals surface area contributed by atoms with E-state index in [0.29, 0.717) is 16.9 Å². The number of hydrogen-bond acceptors (Lipinski definition) is 2. The van der Waals surface area contributed by atoms with Gasteiger partial charge in [-0.1, -0.05) is 51.4 Å². The molecule has 1 atom stereocenters. The van der Waals surface area contributed by atoms with Crippen LogP contribution in [0.25, 0.3) is 0 Å². The highest BCUT2D eigenvalue weighted by Crippen LogP contribution is 2.20. The van der Waals surface area contributed by atoms with Gasteiger partial charge in [0.2, 0.25) is 5.91 Å². The molecule has 0 saturated heterocycles. The highest BCUT2D eigenvalue weighted by atomic mass is 35.5. The molecular formula is C17H28ClNO2. The second-order valence-corrected chi connectivity index (χ2v) is 7.11. The van der Waals surface area contributed by atoms with Crippen LogP contribution in [-0.2, 0) is 4.79 Å². The molecule has 21 heavy (non-hydrogen) atoms. The maximum atomic E-state index is 11.1. The van der Waals surface area contributed by atoms with Gasteiger partial charge in [0.25, 0.3) is 0 Å². The van der Waals surface area contributed by atoms with Crippen LogP contribution in [0.4, 0.5) is 0 Å². The summed E-state index contributed by atoms with van der Waals surface area (Å²) in [5, 5.41) is 12.3. The first-order valence-corrected chi connectivity index (χ1v) is 7.64. The van der Waals surface area contributed by atoms with Crippen molar-refractivity contribution in [1.29, 1.82) is 0 Å². The number of aliphatic hydroxyl groups is 1. The highest BCUT2D eigenvalue weighted by Gasteiger charge is 2.11. The van der Waals surface area contributed by atoms with Gasteiger partial charge in [0.05, 0.1) is 6.04 Å². The third kappa shape index (κ3) is 12.4. The number of aliphatic hydroxyl groups excluding tert-OH is 1. The molecule has 1 rings (SSSR count). The first kappa shape index (κ1) is 19.9. The standard InChI is InChI=1S/C12H16ClNO2.C5H12/c1-9(16)14-12(3-2-8-15)10-4-6-11(13)7-5-10;1-5(2,3)4/h4-7,12,15H,2-3,8H2,1H3,(H,14,16);1-4H3. The second-order valence-electron chi connectivity index (χ2n) is 6.67. The molecule has 120 valence electrons. The lowest BCUT2D eigenvalue weighted by Crippen LogP contribution is -2.26. The fourth-order valence-electron chi connectivity index (χ4n) is 1.56. The Morgan fingerprint density at radius 1 is 1.24 bits per heavy atom. The zero-order valence-corrected chi connectivity index (χ0v) is 14.5. The van der Waals surface area contributed by atoms with Crippen LogP contribution in [0.15, 0.2) is 24.3 Å². The van der Waals surface area contributed by atoms with Gasteiger partial charge in [0, 0.05) is 18.6 Å². The summed E-state index contributed by atoms with van der Waals surface area (Å²) in [5.41, 5.74) is 1.51. The molecule has 0 heterocycles. The van der Waals surface area contributed by atoms with E-state index in [1.54, 1.807) is 12.1 Å². The van der Waals surface area contributed by atoms with E-state index in [0.717, 1.165) is 12.0 Å². The average molecular weight is 314 g/mol. The van der Waals surface area contributed by atoms with Gasteiger partial charge in [0.1, 0.15) is 0 Å². The van der Waals surface area contributed by atoms with Crippen molar-refractivity contribution in [2.24, 2.45) is 5.41 Å². The number of rotatable bonds is 5. The van der Waals surface area contributed by atoms with E-state index in [4.69, 9.17) is 16.7 Å². The third-order valence-electron chi connectivity index (χ3n) is 2.30. The van der Waals surface area contributed by atoms with Gasteiger partial charge in [-0.2, -0.15) is 0 Å². The first-order valence-electron chi connectivity index (χ1n) is 7.27. The highest BCUT2D eigenvalue weighted by molar-refractivity contribution is 6.30. The molecule has 1 aromatic carbocycles. The Kier molecular flexibility index (Phi) is 9.31. The summed E-state index contributed by atoms with van der Waals surface area (Å²) in [6.07, 6.45) is 1.38. The molecule has 0 spiro atoms. The molecule has 0 bridgehead atoms. The minimum atomic E-state index is -0.0714. The number of nitrogens with one attached hydrogen (secondary N) is 1. The monoisotopic (exact) mass is 313 g/mol. The van der Waals surface area contributed by atoms with Gasteiger partial charge in [-0.05, 0) is 36.0 Å². The lowest BCUT2D eigenvalue weighted by atomic mass is 10.0. The van der Waals surface area contributed by atoms with Crippen molar-refractivity contribution in [1.82, 2.24) is 5.32 Å². The van der Waals surface area contributed by atoms with Crippen molar-refractivity contribution in [2.75, 3.05) is 6.61 Å². The maximum absolute atomic E-state index is 11.1. The molecule has 0 aromatic heterocycles. The van der Waals surface area contributed by atoms with Crippen LogP contribution in [0.5, 0.6) is 0 Å². The Labute approximate surface area is 133 Å². The second kappa shape index (κ2) is 9.80. The van der Waals surface area contributed by atoms with Crippen molar-refractivity contribution in [3.8, 4) is 0 Å². The Morgan fingerprint density at radius 3 is 2.10 bits per heavy atom. The number of hydrogen-bond donors (Lipinski definition) is 2. The number of carbonyl (C=O) groups is 1. The van der Waals surface area contributed by atoms with E-state index in [2.05, 4.69) is 33.0 Å². The predicted octanol–water partition coefficient (Wildman–Crippen LogP) is 4.34. The fraction of sp³-hybridized carbons (Fsp3) is 0.588. The normalized spacial score (nSPS) is 12.1. The van der Waals surface area contributed by atoms with Crippen molar-refractivity contribution in [2.45, 2.75) is 53.5 Å². The van der Waals surface area contributed by atoms with Crippen LogP contribution in [0.1, 0.15) is 59.1 Å². The minimum absolute atomic E-state index is 0.0538. The Balaban J connectivity index is 0.000000690. The largest absolute Gasteiger partial charge is 0.396 e. The lowest BCUT2D eigenvalue weighted by molar-refractivity contribution is -0.119. The SMILES string of the molecule is CC(=O)NC(CCCO)c1ccc(Cl)cc1.CC(C)(C)C. The molecule has 1 unspecified atom stereocenters. The Hall–Kier alpha value is -1.06. The molecule has 0 saturated carbocycles. The summed E-state index contributed by atoms with van der Waals surface area (Å²) in [6.45, 7) is 10.4. The summed E-state index contributed by atoms with van der Waals surface area (Å²) >= 11 is 5.80. The summed E-state index contributed by atoms with van der Waals surface area (Å²) in [4.78, 5) is 11.1. The molecule has 0 aliphatic heterocycles. The lowest BCUT2D eigenvalue weighted by Gasteiger charge is -2.17. The van der Waals surface area contributed by atoms with E-state index in [-0.39, 0.29) is 18.6 Å². The van der Waals surface area contributed by atoms with Gasteiger partial charge >= 0.3 is 0 Å². The van der Waals surface area contributed by atoms with Crippen molar-refractivity contribution in [3.05, 3.63) is 34.9 Å².